The van der Waals surface area contributed by atoms with Gasteiger partial charge in [-0.1, -0.05) is 33.1 Å². The van der Waals surface area contributed by atoms with E-state index in [1.807, 2.05) is 0 Å². The van der Waals surface area contributed by atoms with Crippen LogP contribution in [0.15, 0.2) is 0 Å². The molecule has 1 aliphatic carbocycles. The summed E-state index contributed by atoms with van der Waals surface area (Å²) in [5, 5.41) is 0. The fourth-order valence-electron chi connectivity index (χ4n) is 1.28. The average Bonchev–Trinajstić information content (AvgIpc) is 2.63. The van der Waals surface area contributed by atoms with Crippen LogP contribution in [0.25, 0.3) is 0 Å². The number of hydrogen-bond acceptors (Lipinski definition) is 0. The molecule has 53 valence electrons. The highest BCUT2D eigenvalue weighted by Crippen LogP contribution is 2.37. The molecular formula is C9H17. The lowest BCUT2D eigenvalue weighted by Gasteiger charge is -2.06. The fourth-order valence-corrected chi connectivity index (χ4v) is 1.28. The predicted octanol–water partition coefficient (Wildman–Crippen LogP) is 3.04. The Morgan fingerprint density at radius 1 is 1.67 bits per heavy atom. The molecular weight excluding hydrogens is 108 g/mol. The molecule has 0 bridgehead atoms. The van der Waals surface area contributed by atoms with Gasteiger partial charge in [-0.2, -0.15) is 0 Å². The SMILES string of the molecule is CCCCC(C)C1[CH]C1. The first-order valence-electron chi connectivity index (χ1n) is 4.18. The van der Waals surface area contributed by atoms with Crippen LogP contribution in [0.5, 0.6) is 0 Å². The van der Waals surface area contributed by atoms with E-state index in [9.17, 15) is 0 Å². The molecule has 0 aromatic rings. The monoisotopic (exact) mass is 125 g/mol. The first-order valence-corrected chi connectivity index (χ1v) is 4.18. The van der Waals surface area contributed by atoms with Crippen LogP contribution in [-0.2, 0) is 0 Å². The van der Waals surface area contributed by atoms with Crippen LogP contribution in [0.3, 0.4) is 0 Å². The summed E-state index contributed by atoms with van der Waals surface area (Å²) in [6.07, 6.45) is 8.05. The molecule has 1 fully saturated rings. The van der Waals surface area contributed by atoms with Crippen molar-refractivity contribution in [1.82, 2.24) is 0 Å². The largest absolute Gasteiger partial charge is 0.0654 e. The van der Waals surface area contributed by atoms with Gasteiger partial charge in [0.05, 0.1) is 0 Å². The molecule has 1 radical (unpaired) electrons. The van der Waals surface area contributed by atoms with E-state index < -0.39 is 0 Å². The Balaban J connectivity index is 1.96. The van der Waals surface area contributed by atoms with Gasteiger partial charge in [0.1, 0.15) is 0 Å². The van der Waals surface area contributed by atoms with Crippen LogP contribution < -0.4 is 0 Å². The lowest BCUT2D eigenvalue weighted by Crippen LogP contribution is -1.95. The van der Waals surface area contributed by atoms with Crippen molar-refractivity contribution in [3.05, 3.63) is 6.42 Å². The highest BCUT2D eigenvalue weighted by Gasteiger charge is 2.27. The summed E-state index contributed by atoms with van der Waals surface area (Å²) < 4.78 is 0. The van der Waals surface area contributed by atoms with Crippen LogP contribution in [0, 0.1) is 18.3 Å². The molecule has 0 aliphatic heterocycles. The smallest absolute Gasteiger partial charge is 0.0349 e. The Morgan fingerprint density at radius 3 is 2.78 bits per heavy atom. The van der Waals surface area contributed by atoms with Gasteiger partial charge in [-0.25, -0.2) is 0 Å². The second-order valence-corrected chi connectivity index (χ2v) is 3.25. The summed E-state index contributed by atoms with van der Waals surface area (Å²) in [7, 11) is 0. The third kappa shape index (κ3) is 2.38. The number of hydrogen-bond donors (Lipinski definition) is 0. The average molecular weight is 125 g/mol. The van der Waals surface area contributed by atoms with Crippen LogP contribution in [-0.4, -0.2) is 0 Å². The zero-order chi connectivity index (χ0) is 6.69. The zero-order valence-electron chi connectivity index (χ0n) is 6.56. The van der Waals surface area contributed by atoms with Gasteiger partial charge in [0.2, 0.25) is 0 Å². The molecule has 0 heterocycles. The van der Waals surface area contributed by atoms with Gasteiger partial charge in [-0.15, -0.1) is 0 Å². The summed E-state index contributed by atoms with van der Waals surface area (Å²) >= 11 is 0. The summed E-state index contributed by atoms with van der Waals surface area (Å²) in [5.74, 6) is 1.97. The fraction of sp³-hybridized carbons (Fsp3) is 0.889. The first-order chi connectivity index (χ1) is 4.34. The summed E-state index contributed by atoms with van der Waals surface area (Å²) in [5.41, 5.74) is 0. The van der Waals surface area contributed by atoms with Crippen molar-refractivity contribution in [3.8, 4) is 0 Å². The van der Waals surface area contributed by atoms with Crippen LogP contribution in [0.2, 0.25) is 0 Å². The molecule has 0 aromatic carbocycles. The van der Waals surface area contributed by atoms with E-state index in [2.05, 4.69) is 20.3 Å². The molecule has 1 aliphatic rings. The highest BCUT2D eigenvalue weighted by atomic mass is 14.3. The summed E-state index contributed by atoms with van der Waals surface area (Å²) in [6.45, 7) is 4.65. The first kappa shape index (κ1) is 7.11. The van der Waals surface area contributed by atoms with Crippen molar-refractivity contribution in [2.75, 3.05) is 0 Å². The maximum atomic E-state index is 2.43. The van der Waals surface area contributed by atoms with Gasteiger partial charge < -0.3 is 0 Å². The Hall–Kier alpha value is 0. The van der Waals surface area contributed by atoms with Crippen molar-refractivity contribution in [3.63, 3.8) is 0 Å². The molecule has 0 N–H and O–H groups in total. The molecule has 0 spiro atoms. The normalized spacial score (nSPS) is 22.0. The molecule has 0 saturated heterocycles. The van der Waals surface area contributed by atoms with Crippen molar-refractivity contribution in [2.45, 2.75) is 39.5 Å². The van der Waals surface area contributed by atoms with Gasteiger partial charge >= 0.3 is 0 Å². The third-order valence-electron chi connectivity index (χ3n) is 2.25. The number of rotatable bonds is 4. The second-order valence-electron chi connectivity index (χ2n) is 3.25. The lowest BCUT2D eigenvalue weighted by molar-refractivity contribution is 0.461. The maximum absolute atomic E-state index is 2.43. The molecule has 2 unspecified atom stereocenters. The van der Waals surface area contributed by atoms with E-state index in [1.54, 1.807) is 0 Å². The number of unbranched alkanes of at least 4 members (excludes halogenated alkanes) is 1. The highest BCUT2D eigenvalue weighted by molar-refractivity contribution is 4.97. The minimum atomic E-state index is 0.977. The summed E-state index contributed by atoms with van der Waals surface area (Å²) in [6, 6.07) is 0. The van der Waals surface area contributed by atoms with Crippen molar-refractivity contribution in [2.24, 2.45) is 11.8 Å². The van der Waals surface area contributed by atoms with E-state index in [4.69, 9.17) is 0 Å². The molecule has 1 rings (SSSR count). The zero-order valence-corrected chi connectivity index (χ0v) is 6.56. The molecule has 0 nitrogen and oxygen atoms in total. The summed E-state index contributed by atoms with van der Waals surface area (Å²) in [4.78, 5) is 0. The Morgan fingerprint density at radius 2 is 2.33 bits per heavy atom. The lowest BCUT2D eigenvalue weighted by atomic mass is 10.00. The van der Waals surface area contributed by atoms with Crippen LogP contribution in [0.1, 0.15) is 39.5 Å². The molecule has 2 atom stereocenters. The minimum absolute atomic E-state index is 0.977. The van der Waals surface area contributed by atoms with E-state index in [1.165, 1.54) is 25.7 Å². The van der Waals surface area contributed by atoms with E-state index >= 15 is 0 Å². The van der Waals surface area contributed by atoms with Gasteiger partial charge in [0.15, 0.2) is 0 Å². The predicted molar refractivity (Wildman–Crippen MR) is 41.1 cm³/mol. The standard InChI is InChI=1S/C9H17/c1-3-4-5-8(2)9-6-7-9/h6,8-9H,3-5,7H2,1-2H3. The second kappa shape index (κ2) is 3.24. The van der Waals surface area contributed by atoms with E-state index in [0.717, 1.165) is 11.8 Å². The molecule has 1 saturated carbocycles. The van der Waals surface area contributed by atoms with E-state index in [0.29, 0.717) is 0 Å². The molecule has 9 heavy (non-hydrogen) atoms. The molecule has 0 amide bonds. The van der Waals surface area contributed by atoms with Crippen molar-refractivity contribution >= 4 is 0 Å². The quantitative estimate of drug-likeness (QED) is 0.541. The van der Waals surface area contributed by atoms with Gasteiger partial charge in [0, 0.05) is 0 Å². The Bertz CT molecular complexity index is 72.1. The van der Waals surface area contributed by atoms with Crippen molar-refractivity contribution < 1.29 is 0 Å². The topological polar surface area (TPSA) is 0 Å². The van der Waals surface area contributed by atoms with Crippen LogP contribution in [0.4, 0.5) is 0 Å². The molecule has 0 heteroatoms. The minimum Gasteiger partial charge on any atom is -0.0654 e. The van der Waals surface area contributed by atoms with E-state index in [-0.39, 0.29) is 0 Å². The van der Waals surface area contributed by atoms with Gasteiger partial charge in [-0.3, -0.25) is 0 Å². The third-order valence-corrected chi connectivity index (χ3v) is 2.25. The van der Waals surface area contributed by atoms with Crippen LogP contribution >= 0.6 is 0 Å². The molecule has 0 aromatic heterocycles. The van der Waals surface area contributed by atoms with Gasteiger partial charge in [0.25, 0.3) is 0 Å². The Labute approximate surface area is 58.7 Å². The maximum Gasteiger partial charge on any atom is -0.0349 e. The Kier molecular flexibility index (Phi) is 2.56. The van der Waals surface area contributed by atoms with Crippen molar-refractivity contribution in [1.29, 1.82) is 0 Å². The van der Waals surface area contributed by atoms with Gasteiger partial charge in [-0.05, 0) is 24.7 Å².